The molecular weight excluding hydrogens is 288 g/mol. The first kappa shape index (κ1) is 19.7. The topological polar surface area (TPSA) is 35.5 Å². The second-order valence-corrected chi connectivity index (χ2v) is 7.69. The second kappa shape index (κ2) is 9.07. The molecule has 0 saturated carbocycles. The third-order valence-electron chi connectivity index (χ3n) is 3.83. The van der Waals surface area contributed by atoms with Crippen molar-refractivity contribution in [2.75, 3.05) is 13.2 Å². The fourth-order valence-corrected chi connectivity index (χ4v) is 2.05. The molecule has 0 heterocycles. The van der Waals surface area contributed by atoms with Crippen LogP contribution in [0.2, 0.25) is 0 Å². The Balaban J connectivity index is 2.28. The summed E-state index contributed by atoms with van der Waals surface area (Å²) in [6.45, 7) is 14.0. The Morgan fingerprint density at radius 2 is 1.65 bits per heavy atom. The van der Waals surface area contributed by atoms with Gasteiger partial charge in [0.1, 0.15) is 0 Å². The maximum absolute atomic E-state index is 12.0. The van der Waals surface area contributed by atoms with E-state index >= 15 is 0 Å². The lowest BCUT2D eigenvalue weighted by atomic mass is 9.93. The summed E-state index contributed by atoms with van der Waals surface area (Å²) in [4.78, 5) is 12.0. The molecule has 130 valence electrons. The van der Waals surface area contributed by atoms with Crippen LogP contribution in [0.3, 0.4) is 0 Å². The molecule has 1 rings (SSSR count). The quantitative estimate of drug-likeness (QED) is 0.618. The lowest BCUT2D eigenvalue weighted by Gasteiger charge is -2.20. The minimum atomic E-state index is -0.262. The molecule has 3 nitrogen and oxygen atoms in total. The maximum Gasteiger partial charge on any atom is 0.338 e. The van der Waals surface area contributed by atoms with Crippen LogP contribution in [0.1, 0.15) is 76.2 Å². The maximum atomic E-state index is 12.0. The van der Waals surface area contributed by atoms with Gasteiger partial charge in [-0.15, -0.1) is 0 Å². The smallest absolute Gasteiger partial charge is 0.338 e. The third-order valence-corrected chi connectivity index (χ3v) is 3.83. The van der Waals surface area contributed by atoms with Crippen LogP contribution in [0.25, 0.3) is 0 Å². The van der Waals surface area contributed by atoms with Gasteiger partial charge >= 0.3 is 5.97 Å². The van der Waals surface area contributed by atoms with Gasteiger partial charge in [0.05, 0.1) is 18.3 Å². The highest BCUT2D eigenvalue weighted by Crippen LogP contribution is 2.19. The van der Waals surface area contributed by atoms with Crippen molar-refractivity contribution in [2.45, 2.75) is 66.4 Å². The summed E-state index contributed by atoms with van der Waals surface area (Å²) in [5, 5.41) is 0. The molecule has 0 N–H and O–H groups in total. The standard InChI is InChI=1S/C20H32O3/c1-15(2)17-7-9-18(10-8-17)19(21)23-13-11-16(3)22-14-12-20(4,5)6/h7-10,15-16H,11-14H2,1-6H3. The van der Waals surface area contributed by atoms with Gasteiger partial charge in [0.25, 0.3) is 0 Å². The van der Waals surface area contributed by atoms with E-state index in [2.05, 4.69) is 34.6 Å². The molecule has 1 atom stereocenters. The Morgan fingerprint density at radius 1 is 1.04 bits per heavy atom. The molecule has 3 heteroatoms. The van der Waals surface area contributed by atoms with E-state index in [1.54, 1.807) is 0 Å². The van der Waals surface area contributed by atoms with Crippen molar-refractivity contribution in [3.63, 3.8) is 0 Å². The summed E-state index contributed by atoms with van der Waals surface area (Å²) in [5.41, 5.74) is 2.12. The Labute approximate surface area is 141 Å². The van der Waals surface area contributed by atoms with Gasteiger partial charge in [-0.05, 0) is 42.4 Å². The Morgan fingerprint density at radius 3 is 2.17 bits per heavy atom. The molecule has 0 aliphatic rings. The summed E-state index contributed by atoms with van der Waals surface area (Å²) in [7, 11) is 0. The summed E-state index contributed by atoms with van der Waals surface area (Å²) >= 11 is 0. The highest BCUT2D eigenvalue weighted by Gasteiger charge is 2.12. The number of rotatable bonds is 8. The summed E-state index contributed by atoms with van der Waals surface area (Å²) in [6.07, 6.45) is 1.85. The first-order valence-electron chi connectivity index (χ1n) is 8.58. The van der Waals surface area contributed by atoms with Crippen LogP contribution in [0.15, 0.2) is 24.3 Å². The zero-order chi connectivity index (χ0) is 17.5. The fraction of sp³-hybridized carbons (Fsp3) is 0.650. The minimum Gasteiger partial charge on any atom is -0.462 e. The van der Waals surface area contributed by atoms with Crippen molar-refractivity contribution in [1.29, 1.82) is 0 Å². The van der Waals surface area contributed by atoms with Crippen molar-refractivity contribution < 1.29 is 14.3 Å². The molecule has 1 aromatic carbocycles. The SMILES string of the molecule is CC(CCOC(=O)c1ccc(C(C)C)cc1)OCCC(C)(C)C. The zero-order valence-electron chi connectivity index (χ0n) is 15.5. The molecule has 0 aliphatic carbocycles. The number of hydrogen-bond donors (Lipinski definition) is 0. The predicted octanol–water partition coefficient (Wildman–Crippen LogP) is 5.20. The number of esters is 1. The van der Waals surface area contributed by atoms with Gasteiger partial charge in [-0.25, -0.2) is 4.79 Å². The van der Waals surface area contributed by atoms with Gasteiger partial charge in [-0.3, -0.25) is 0 Å². The lowest BCUT2D eigenvalue weighted by Crippen LogP contribution is -2.17. The van der Waals surface area contributed by atoms with Gasteiger partial charge < -0.3 is 9.47 Å². The number of carbonyl (C=O) groups is 1. The molecule has 23 heavy (non-hydrogen) atoms. The predicted molar refractivity (Wildman–Crippen MR) is 94.9 cm³/mol. The molecular formula is C20H32O3. The summed E-state index contributed by atoms with van der Waals surface area (Å²) < 4.78 is 11.1. The van der Waals surface area contributed by atoms with Gasteiger partial charge in [-0.1, -0.05) is 46.8 Å². The molecule has 0 bridgehead atoms. The number of ether oxygens (including phenoxy) is 2. The molecule has 0 aromatic heterocycles. The van der Waals surface area contributed by atoms with Crippen molar-refractivity contribution in [2.24, 2.45) is 5.41 Å². The average molecular weight is 320 g/mol. The van der Waals surface area contributed by atoms with Crippen molar-refractivity contribution >= 4 is 5.97 Å². The highest BCUT2D eigenvalue weighted by molar-refractivity contribution is 5.89. The van der Waals surface area contributed by atoms with Crippen molar-refractivity contribution in [1.82, 2.24) is 0 Å². The van der Waals surface area contributed by atoms with E-state index in [1.807, 2.05) is 31.2 Å². The summed E-state index contributed by atoms with van der Waals surface area (Å²) in [6, 6.07) is 7.64. The van der Waals surface area contributed by atoms with E-state index in [0.717, 1.165) is 19.4 Å². The van der Waals surface area contributed by atoms with Gasteiger partial charge in [0.2, 0.25) is 0 Å². The van der Waals surface area contributed by atoms with Gasteiger partial charge in [0.15, 0.2) is 0 Å². The van der Waals surface area contributed by atoms with E-state index in [0.29, 0.717) is 18.1 Å². The van der Waals surface area contributed by atoms with Crippen LogP contribution in [-0.2, 0) is 9.47 Å². The minimum absolute atomic E-state index is 0.105. The fourth-order valence-electron chi connectivity index (χ4n) is 2.05. The molecule has 0 radical (unpaired) electrons. The molecule has 0 spiro atoms. The van der Waals surface area contributed by atoms with Crippen LogP contribution >= 0.6 is 0 Å². The first-order valence-corrected chi connectivity index (χ1v) is 8.58. The Bertz CT molecular complexity index is 469. The normalized spacial score (nSPS) is 13.2. The number of hydrogen-bond acceptors (Lipinski definition) is 3. The highest BCUT2D eigenvalue weighted by atomic mass is 16.5. The Kier molecular flexibility index (Phi) is 7.77. The number of carbonyl (C=O) groups excluding carboxylic acids is 1. The summed E-state index contributed by atoms with van der Waals surface area (Å²) in [5.74, 6) is 0.202. The van der Waals surface area contributed by atoms with Crippen molar-refractivity contribution in [3.05, 3.63) is 35.4 Å². The monoisotopic (exact) mass is 320 g/mol. The molecule has 1 unspecified atom stereocenters. The largest absolute Gasteiger partial charge is 0.462 e. The zero-order valence-corrected chi connectivity index (χ0v) is 15.5. The van der Waals surface area contributed by atoms with E-state index in [-0.39, 0.29) is 17.5 Å². The van der Waals surface area contributed by atoms with E-state index < -0.39 is 0 Å². The van der Waals surface area contributed by atoms with Crippen LogP contribution in [0.5, 0.6) is 0 Å². The molecule has 0 amide bonds. The van der Waals surface area contributed by atoms with Gasteiger partial charge in [-0.2, -0.15) is 0 Å². The first-order chi connectivity index (χ1) is 10.7. The third kappa shape index (κ3) is 8.17. The van der Waals surface area contributed by atoms with Crippen LogP contribution in [-0.4, -0.2) is 25.3 Å². The van der Waals surface area contributed by atoms with E-state index in [4.69, 9.17) is 9.47 Å². The molecule has 0 fully saturated rings. The second-order valence-electron chi connectivity index (χ2n) is 7.69. The van der Waals surface area contributed by atoms with Gasteiger partial charge in [0, 0.05) is 13.0 Å². The molecule has 1 aromatic rings. The van der Waals surface area contributed by atoms with E-state index in [1.165, 1.54) is 5.56 Å². The van der Waals surface area contributed by atoms with E-state index in [9.17, 15) is 4.79 Å². The Hall–Kier alpha value is -1.35. The molecule has 0 aliphatic heterocycles. The average Bonchev–Trinajstić information content (AvgIpc) is 2.45. The van der Waals surface area contributed by atoms with Crippen LogP contribution in [0, 0.1) is 5.41 Å². The van der Waals surface area contributed by atoms with Crippen LogP contribution in [0.4, 0.5) is 0 Å². The van der Waals surface area contributed by atoms with Crippen molar-refractivity contribution in [3.8, 4) is 0 Å². The van der Waals surface area contributed by atoms with Crippen LogP contribution < -0.4 is 0 Å². The number of benzene rings is 1. The lowest BCUT2D eigenvalue weighted by molar-refractivity contribution is 0.0200. The molecule has 0 saturated heterocycles.